The van der Waals surface area contributed by atoms with E-state index in [1.54, 1.807) is 30.3 Å². The molecule has 0 saturated heterocycles. The van der Waals surface area contributed by atoms with Crippen molar-refractivity contribution in [2.45, 2.75) is 0 Å². The second-order valence-corrected chi connectivity index (χ2v) is 4.54. The van der Waals surface area contributed by atoms with E-state index in [0.29, 0.717) is 21.4 Å². The van der Waals surface area contributed by atoms with Gasteiger partial charge in [-0.2, -0.15) is 0 Å². The molecular formula is C14H10Cl2O2. The van der Waals surface area contributed by atoms with Crippen molar-refractivity contribution in [3.8, 4) is 16.9 Å². The van der Waals surface area contributed by atoms with Crippen LogP contribution in [0.15, 0.2) is 36.4 Å². The lowest BCUT2D eigenvalue weighted by Crippen LogP contribution is -1.91. The number of methoxy groups -OCH3 is 1. The lowest BCUT2D eigenvalue weighted by atomic mass is 10.0. The minimum atomic E-state index is 0.478. The lowest BCUT2D eigenvalue weighted by molar-refractivity contribution is 0.112. The van der Waals surface area contributed by atoms with Crippen LogP contribution in [0, 0.1) is 0 Å². The largest absolute Gasteiger partial charge is 0.496 e. The number of carbonyl (C=O) groups is 1. The third-order valence-corrected chi connectivity index (χ3v) is 3.16. The van der Waals surface area contributed by atoms with Crippen molar-refractivity contribution in [3.05, 3.63) is 52.0 Å². The van der Waals surface area contributed by atoms with E-state index in [1.807, 2.05) is 6.07 Å². The number of aldehydes is 1. The Kier molecular flexibility index (Phi) is 3.90. The van der Waals surface area contributed by atoms with E-state index in [1.165, 1.54) is 7.11 Å². The Balaban J connectivity index is 2.57. The molecule has 2 nitrogen and oxygen atoms in total. The summed E-state index contributed by atoms with van der Waals surface area (Å²) in [6.07, 6.45) is 0.751. The van der Waals surface area contributed by atoms with Crippen LogP contribution >= 0.6 is 23.2 Å². The highest BCUT2D eigenvalue weighted by Gasteiger charge is 2.08. The fraction of sp³-hybridized carbons (Fsp3) is 0.0714. The van der Waals surface area contributed by atoms with Crippen molar-refractivity contribution < 1.29 is 9.53 Å². The summed E-state index contributed by atoms with van der Waals surface area (Å²) >= 11 is 12.1. The number of rotatable bonds is 3. The average molecular weight is 281 g/mol. The predicted octanol–water partition coefficient (Wildman–Crippen LogP) is 4.48. The fourth-order valence-corrected chi connectivity index (χ4v) is 2.11. The fourth-order valence-electron chi connectivity index (χ4n) is 1.71. The number of halogens is 2. The highest BCUT2D eigenvalue weighted by Crippen LogP contribution is 2.32. The zero-order valence-corrected chi connectivity index (χ0v) is 11.1. The van der Waals surface area contributed by atoms with E-state index in [9.17, 15) is 4.79 Å². The average Bonchev–Trinajstić information content (AvgIpc) is 2.40. The van der Waals surface area contributed by atoms with Gasteiger partial charge in [-0.15, -0.1) is 0 Å². The summed E-state index contributed by atoms with van der Waals surface area (Å²) in [6, 6.07) is 10.5. The first kappa shape index (κ1) is 12.9. The van der Waals surface area contributed by atoms with E-state index in [2.05, 4.69) is 0 Å². The molecule has 18 heavy (non-hydrogen) atoms. The van der Waals surface area contributed by atoms with Gasteiger partial charge in [-0.05, 0) is 35.9 Å². The number of ether oxygens (including phenoxy) is 1. The number of hydrogen-bond acceptors (Lipinski definition) is 2. The van der Waals surface area contributed by atoms with E-state index >= 15 is 0 Å². The lowest BCUT2D eigenvalue weighted by Gasteiger charge is -2.08. The van der Waals surface area contributed by atoms with Crippen LogP contribution < -0.4 is 4.74 Å². The molecule has 0 saturated carbocycles. The van der Waals surface area contributed by atoms with E-state index < -0.39 is 0 Å². The Bertz CT molecular complexity index is 594. The molecule has 0 aromatic heterocycles. The van der Waals surface area contributed by atoms with Gasteiger partial charge in [0.25, 0.3) is 0 Å². The molecule has 0 aliphatic heterocycles. The van der Waals surface area contributed by atoms with Crippen LogP contribution in [-0.2, 0) is 0 Å². The van der Waals surface area contributed by atoms with Crippen LogP contribution in [0.4, 0.5) is 0 Å². The van der Waals surface area contributed by atoms with E-state index in [0.717, 1.165) is 17.4 Å². The second kappa shape index (κ2) is 5.42. The molecule has 4 heteroatoms. The van der Waals surface area contributed by atoms with Crippen molar-refractivity contribution in [1.29, 1.82) is 0 Å². The molecule has 0 bridgehead atoms. The maximum atomic E-state index is 11.0. The molecule has 0 heterocycles. The van der Waals surface area contributed by atoms with Crippen LogP contribution in [0.5, 0.6) is 5.75 Å². The molecule has 0 atom stereocenters. The zero-order valence-electron chi connectivity index (χ0n) is 9.61. The first-order chi connectivity index (χ1) is 8.65. The highest BCUT2D eigenvalue weighted by molar-refractivity contribution is 6.35. The highest BCUT2D eigenvalue weighted by atomic mass is 35.5. The minimum absolute atomic E-state index is 0.478. The van der Waals surface area contributed by atoms with Crippen molar-refractivity contribution >= 4 is 29.5 Å². The Morgan fingerprint density at radius 1 is 1.11 bits per heavy atom. The Morgan fingerprint density at radius 2 is 1.89 bits per heavy atom. The van der Waals surface area contributed by atoms with Gasteiger partial charge in [0, 0.05) is 15.6 Å². The molecule has 0 aliphatic rings. The van der Waals surface area contributed by atoms with Gasteiger partial charge in [0.1, 0.15) is 5.75 Å². The Morgan fingerprint density at radius 3 is 2.56 bits per heavy atom. The second-order valence-electron chi connectivity index (χ2n) is 3.70. The van der Waals surface area contributed by atoms with Gasteiger partial charge in [-0.1, -0.05) is 29.3 Å². The number of hydrogen-bond donors (Lipinski definition) is 0. The molecule has 0 amide bonds. The zero-order chi connectivity index (χ0) is 13.1. The smallest absolute Gasteiger partial charge is 0.153 e. The molecule has 2 aromatic carbocycles. The van der Waals surface area contributed by atoms with E-state index in [-0.39, 0.29) is 0 Å². The third kappa shape index (κ3) is 2.50. The van der Waals surface area contributed by atoms with Crippen LogP contribution in [0.3, 0.4) is 0 Å². The summed E-state index contributed by atoms with van der Waals surface area (Å²) in [5.74, 6) is 0.534. The Labute approximate surface area is 115 Å². The number of benzene rings is 2. The standard InChI is InChI=1S/C14H10Cl2O2/c1-18-14-5-2-9(6-10(14)8-17)12-7-11(15)3-4-13(12)16/h2-8H,1H3. The Hall–Kier alpha value is -1.51. The summed E-state index contributed by atoms with van der Waals surface area (Å²) in [5.41, 5.74) is 2.09. The van der Waals surface area contributed by atoms with Crippen molar-refractivity contribution in [1.82, 2.24) is 0 Å². The quantitative estimate of drug-likeness (QED) is 0.775. The van der Waals surface area contributed by atoms with Crippen molar-refractivity contribution in [2.75, 3.05) is 7.11 Å². The van der Waals surface area contributed by atoms with Crippen molar-refractivity contribution in [2.24, 2.45) is 0 Å². The van der Waals surface area contributed by atoms with Crippen LogP contribution in [0.2, 0.25) is 10.0 Å². The van der Waals surface area contributed by atoms with Gasteiger partial charge in [0.2, 0.25) is 0 Å². The van der Waals surface area contributed by atoms with Gasteiger partial charge in [-0.25, -0.2) is 0 Å². The molecule has 2 aromatic rings. The molecule has 0 fully saturated rings. The van der Waals surface area contributed by atoms with Crippen LogP contribution in [0.25, 0.3) is 11.1 Å². The van der Waals surface area contributed by atoms with Gasteiger partial charge in [0.15, 0.2) is 6.29 Å². The summed E-state index contributed by atoms with van der Waals surface area (Å²) in [7, 11) is 1.52. The maximum Gasteiger partial charge on any atom is 0.153 e. The maximum absolute atomic E-state index is 11.0. The van der Waals surface area contributed by atoms with Crippen LogP contribution in [-0.4, -0.2) is 13.4 Å². The SMILES string of the molecule is COc1ccc(-c2cc(Cl)ccc2Cl)cc1C=O. The van der Waals surface area contributed by atoms with Gasteiger partial charge in [0.05, 0.1) is 12.7 Å². The predicted molar refractivity (Wildman–Crippen MR) is 73.8 cm³/mol. The molecule has 0 N–H and O–H groups in total. The normalized spacial score (nSPS) is 10.2. The summed E-state index contributed by atoms with van der Waals surface area (Å²) in [6.45, 7) is 0. The molecule has 0 radical (unpaired) electrons. The molecule has 0 aliphatic carbocycles. The van der Waals surface area contributed by atoms with Crippen LogP contribution in [0.1, 0.15) is 10.4 Å². The summed E-state index contributed by atoms with van der Waals surface area (Å²) in [5, 5.41) is 1.18. The third-order valence-electron chi connectivity index (χ3n) is 2.60. The first-order valence-electron chi connectivity index (χ1n) is 5.24. The number of carbonyl (C=O) groups excluding carboxylic acids is 1. The van der Waals surface area contributed by atoms with Gasteiger partial charge < -0.3 is 4.74 Å². The summed E-state index contributed by atoms with van der Waals surface area (Å²) < 4.78 is 5.09. The molecule has 92 valence electrons. The summed E-state index contributed by atoms with van der Waals surface area (Å²) in [4.78, 5) is 11.0. The van der Waals surface area contributed by atoms with E-state index in [4.69, 9.17) is 27.9 Å². The van der Waals surface area contributed by atoms with Gasteiger partial charge >= 0.3 is 0 Å². The minimum Gasteiger partial charge on any atom is -0.496 e. The van der Waals surface area contributed by atoms with Crippen molar-refractivity contribution in [3.63, 3.8) is 0 Å². The van der Waals surface area contributed by atoms with Gasteiger partial charge in [-0.3, -0.25) is 4.79 Å². The monoisotopic (exact) mass is 280 g/mol. The molecule has 2 rings (SSSR count). The molecule has 0 unspecified atom stereocenters. The first-order valence-corrected chi connectivity index (χ1v) is 6.00. The topological polar surface area (TPSA) is 26.3 Å². The molecular weight excluding hydrogens is 271 g/mol. The molecule has 0 spiro atoms.